The van der Waals surface area contributed by atoms with Crippen molar-refractivity contribution >= 4 is 45.0 Å². The minimum Gasteiger partial charge on any atom is -0.457 e. The minimum atomic E-state index is -0.0658. The number of nitrogens with zero attached hydrogens (tertiary/aromatic N) is 3. The summed E-state index contributed by atoms with van der Waals surface area (Å²) in [5, 5.41) is 0.720. The van der Waals surface area contributed by atoms with Gasteiger partial charge in [0.15, 0.2) is 5.13 Å². The van der Waals surface area contributed by atoms with Crippen molar-refractivity contribution in [2.24, 2.45) is 0 Å². The number of aromatic nitrogens is 1. The number of fused-ring (bicyclic) bond motifs is 1. The zero-order valence-electron chi connectivity index (χ0n) is 18.3. The molecule has 7 heteroatoms. The van der Waals surface area contributed by atoms with Gasteiger partial charge in [0.25, 0.3) is 5.91 Å². The molecule has 0 aliphatic rings. The predicted molar refractivity (Wildman–Crippen MR) is 135 cm³/mol. The number of para-hydroxylation sites is 1. The van der Waals surface area contributed by atoms with Crippen molar-refractivity contribution in [2.75, 3.05) is 32.1 Å². The van der Waals surface area contributed by atoms with Crippen molar-refractivity contribution < 1.29 is 9.53 Å². The van der Waals surface area contributed by atoms with Gasteiger partial charge in [0, 0.05) is 18.7 Å². The third-order valence-corrected chi connectivity index (χ3v) is 5.90. The van der Waals surface area contributed by atoms with Crippen LogP contribution in [0.3, 0.4) is 0 Å². The maximum absolute atomic E-state index is 13.4. The molecule has 166 valence electrons. The second kappa shape index (κ2) is 10.6. The number of hydrogen-bond acceptors (Lipinski definition) is 5. The van der Waals surface area contributed by atoms with E-state index in [2.05, 4.69) is 17.9 Å². The van der Waals surface area contributed by atoms with Crippen LogP contribution in [0.5, 0.6) is 11.5 Å². The Morgan fingerprint density at radius 3 is 2.31 bits per heavy atom. The molecule has 0 N–H and O–H groups in total. The molecule has 4 rings (SSSR count). The first kappa shape index (κ1) is 23.7. The summed E-state index contributed by atoms with van der Waals surface area (Å²) < 4.78 is 6.93. The molecule has 0 aliphatic carbocycles. The molecule has 0 saturated carbocycles. The Hall–Kier alpha value is -2.93. The number of halogens is 1. The number of rotatable bonds is 7. The Morgan fingerprint density at radius 2 is 1.62 bits per heavy atom. The Bertz CT molecular complexity index is 1180. The third kappa shape index (κ3) is 5.65. The fourth-order valence-corrected chi connectivity index (χ4v) is 4.25. The van der Waals surface area contributed by atoms with E-state index in [1.165, 1.54) is 5.56 Å². The summed E-state index contributed by atoms with van der Waals surface area (Å²) in [6.45, 7) is 3.37. The van der Waals surface area contributed by atoms with E-state index in [9.17, 15) is 4.79 Å². The lowest BCUT2D eigenvalue weighted by atomic mass is 10.2. The van der Waals surface area contributed by atoms with Gasteiger partial charge in [-0.15, -0.1) is 12.4 Å². The highest BCUT2D eigenvalue weighted by molar-refractivity contribution is 7.22. The highest BCUT2D eigenvalue weighted by atomic mass is 35.5. The molecular formula is C25H26ClN3O2S. The zero-order chi connectivity index (χ0) is 21.8. The number of carbonyl (C=O) groups excluding carboxylic acids is 1. The lowest BCUT2D eigenvalue weighted by Crippen LogP contribution is -2.36. The van der Waals surface area contributed by atoms with Gasteiger partial charge in [-0.05, 0) is 75.1 Å². The van der Waals surface area contributed by atoms with E-state index in [0.29, 0.717) is 17.9 Å². The van der Waals surface area contributed by atoms with Gasteiger partial charge in [0.1, 0.15) is 11.5 Å². The summed E-state index contributed by atoms with van der Waals surface area (Å²) in [6, 6.07) is 23.0. The monoisotopic (exact) mass is 467 g/mol. The van der Waals surface area contributed by atoms with Crippen LogP contribution in [0.25, 0.3) is 10.2 Å². The Labute approximate surface area is 198 Å². The largest absolute Gasteiger partial charge is 0.457 e. The summed E-state index contributed by atoms with van der Waals surface area (Å²) in [4.78, 5) is 22.0. The lowest BCUT2D eigenvalue weighted by molar-refractivity contribution is 0.0985. The summed E-state index contributed by atoms with van der Waals surface area (Å²) in [5.74, 6) is 1.39. The normalized spacial score (nSPS) is 10.8. The highest BCUT2D eigenvalue weighted by Gasteiger charge is 2.21. The second-order valence-corrected chi connectivity index (χ2v) is 8.68. The van der Waals surface area contributed by atoms with Crippen molar-refractivity contribution in [1.29, 1.82) is 0 Å². The Morgan fingerprint density at radius 1 is 0.938 bits per heavy atom. The Kier molecular flexibility index (Phi) is 7.85. The number of carbonyl (C=O) groups is 1. The van der Waals surface area contributed by atoms with Crippen LogP contribution in [-0.4, -0.2) is 43.0 Å². The molecular weight excluding hydrogens is 442 g/mol. The number of benzene rings is 3. The smallest absolute Gasteiger partial charge is 0.260 e. The van der Waals surface area contributed by atoms with Crippen LogP contribution in [0, 0.1) is 6.92 Å². The first-order chi connectivity index (χ1) is 15.0. The molecule has 0 spiro atoms. The van der Waals surface area contributed by atoms with Gasteiger partial charge in [-0.3, -0.25) is 9.69 Å². The third-order valence-electron chi connectivity index (χ3n) is 4.86. The number of aryl methyl sites for hydroxylation is 1. The van der Waals surface area contributed by atoms with Gasteiger partial charge in [0.05, 0.1) is 10.2 Å². The number of anilines is 1. The second-order valence-electron chi connectivity index (χ2n) is 7.67. The van der Waals surface area contributed by atoms with Crippen LogP contribution in [0.4, 0.5) is 5.13 Å². The first-order valence-corrected chi connectivity index (χ1v) is 11.0. The Balaban J connectivity index is 0.00000289. The number of thiazole rings is 1. The average molecular weight is 468 g/mol. The molecule has 0 aliphatic heterocycles. The number of likely N-dealkylation sites (N-methyl/N-ethyl adjacent to an activating group) is 1. The molecule has 0 radical (unpaired) electrons. The van der Waals surface area contributed by atoms with Crippen molar-refractivity contribution in [1.82, 2.24) is 9.88 Å². The van der Waals surface area contributed by atoms with Crippen molar-refractivity contribution in [3.63, 3.8) is 0 Å². The van der Waals surface area contributed by atoms with Gasteiger partial charge < -0.3 is 9.64 Å². The topological polar surface area (TPSA) is 45.7 Å². The van der Waals surface area contributed by atoms with Crippen molar-refractivity contribution in [3.05, 3.63) is 83.9 Å². The molecule has 0 atom stereocenters. The standard InChI is InChI=1S/C25H25N3O2S.ClH/c1-18-9-14-22-23(17-18)31-25(26-22)28(16-15-27(2)3)24(29)19-10-12-21(13-11-19)30-20-7-5-4-6-8-20;/h4-14,17H,15-16H2,1-3H3;1H. The van der Waals surface area contributed by atoms with E-state index < -0.39 is 0 Å². The van der Waals surface area contributed by atoms with Gasteiger partial charge in [-0.2, -0.15) is 0 Å². The van der Waals surface area contributed by atoms with Crippen molar-refractivity contribution in [2.45, 2.75) is 6.92 Å². The van der Waals surface area contributed by atoms with Gasteiger partial charge in [-0.25, -0.2) is 4.98 Å². The van der Waals surface area contributed by atoms with Crippen LogP contribution >= 0.6 is 23.7 Å². The first-order valence-electron chi connectivity index (χ1n) is 10.2. The lowest BCUT2D eigenvalue weighted by Gasteiger charge is -2.22. The minimum absolute atomic E-state index is 0. The van der Waals surface area contributed by atoms with E-state index in [-0.39, 0.29) is 18.3 Å². The van der Waals surface area contributed by atoms with E-state index in [1.807, 2.05) is 68.7 Å². The fraction of sp³-hybridized carbons (Fsp3) is 0.200. The van der Waals surface area contributed by atoms with Crippen LogP contribution < -0.4 is 9.64 Å². The molecule has 0 bridgehead atoms. The molecule has 1 aromatic heterocycles. The molecule has 0 unspecified atom stereocenters. The average Bonchev–Trinajstić information content (AvgIpc) is 3.17. The highest BCUT2D eigenvalue weighted by Crippen LogP contribution is 2.31. The summed E-state index contributed by atoms with van der Waals surface area (Å²) in [5.41, 5.74) is 2.71. The maximum Gasteiger partial charge on any atom is 0.260 e. The number of amides is 1. The summed E-state index contributed by atoms with van der Waals surface area (Å²) >= 11 is 1.55. The molecule has 5 nitrogen and oxygen atoms in total. The SMILES string of the molecule is Cc1ccc2nc(N(CCN(C)C)C(=O)c3ccc(Oc4ccccc4)cc3)sc2c1.Cl. The summed E-state index contributed by atoms with van der Waals surface area (Å²) in [7, 11) is 4.00. The maximum atomic E-state index is 13.4. The molecule has 1 heterocycles. The van der Waals surface area contributed by atoms with Gasteiger partial charge in [-0.1, -0.05) is 35.6 Å². The van der Waals surface area contributed by atoms with Gasteiger partial charge in [0.2, 0.25) is 0 Å². The quantitative estimate of drug-likeness (QED) is 0.333. The molecule has 3 aromatic carbocycles. The molecule has 32 heavy (non-hydrogen) atoms. The van der Waals surface area contributed by atoms with Crippen LogP contribution in [0.15, 0.2) is 72.8 Å². The van der Waals surface area contributed by atoms with E-state index >= 15 is 0 Å². The van der Waals surface area contributed by atoms with Crippen LogP contribution in [0.1, 0.15) is 15.9 Å². The number of ether oxygens (including phenoxy) is 1. The number of hydrogen-bond donors (Lipinski definition) is 0. The van der Waals surface area contributed by atoms with Crippen molar-refractivity contribution in [3.8, 4) is 11.5 Å². The van der Waals surface area contributed by atoms with Crippen LogP contribution in [-0.2, 0) is 0 Å². The predicted octanol–water partition coefficient (Wildman–Crippen LogP) is 6.03. The molecule has 4 aromatic rings. The molecule has 0 saturated heterocycles. The fourth-order valence-electron chi connectivity index (χ4n) is 3.17. The molecule has 0 fully saturated rings. The zero-order valence-corrected chi connectivity index (χ0v) is 20.0. The van der Waals surface area contributed by atoms with Crippen LogP contribution in [0.2, 0.25) is 0 Å². The van der Waals surface area contributed by atoms with E-state index in [0.717, 1.165) is 27.6 Å². The summed E-state index contributed by atoms with van der Waals surface area (Å²) in [6.07, 6.45) is 0. The van der Waals surface area contributed by atoms with E-state index in [1.54, 1.807) is 28.4 Å². The molecule has 1 amide bonds. The van der Waals surface area contributed by atoms with E-state index in [4.69, 9.17) is 9.72 Å². The van der Waals surface area contributed by atoms with Gasteiger partial charge >= 0.3 is 0 Å².